The predicted octanol–water partition coefficient (Wildman–Crippen LogP) is 1.13. The van der Waals surface area contributed by atoms with Crippen molar-refractivity contribution in [2.75, 3.05) is 6.61 Å². The smallest absolute Gasteiger partial charge is 0.306 e. The molecule has 1 aromatic carbocycles. The van der Waals surface area contributed by atoms with Crippen LogP contribution in [-0.2, 0) is 30.6 Å². The zero-order valence-electron chi connectivity index (χ0n) is 16.1. The summed E-state index contributed by atoms with van der Waals surface area (Å²) in [6, 6.07) is 3.71. The minimum atomic E-state index is -0.942. The van der Waals surface area contributed by atoms with E-state index in [1.54, 1.807) is 32.9 Å². The number of fused-ring (bicyclic) bond motifs is 1. The lowest BCUT2D eigenvalue weighted by molar-refractivity contribution is -0.201. The molecule has 1 aliphatic rings. The molecule has 28 heavy (non-hydrogen) atoms. The second kappa shape index (κ2) is 8.83. The molecule has 152 valence electrons. The van der Waals surface area contributed by atoms with Gasteiger partial charge in [-0.1, -0.05) is 0 Å². The van der Waals surface area contributed by atoms with Crippen LogP contribution >= 0.6 is 0 Å². The van der Waals surface area contributed by atoms with Gasteiger partial charge in [-0.25, -0.2) is 0 Å². The molecule has 1 aliphatic heterocycles. The van der Waals surface area contributed by atoms with Gasteiger partial charge in [0.2, 0.25) is 5.91 Å². The van der Waals surface area contributed by atoms with Crippen LogP contribution < -0.4 is 10.6 Å². The average Bonchev–Trinajstić information content (AvgIpc) is 2.90. The van der Waals surface area contributed by atoms with Gasteiger partial charge in [0.1, 0.15) is 24.5 Å². The Balaban J connectivity index is 2.07. The highest BCUT2D eigenvalue weighted by atomic mass is 17.2. The highest BCUT2D eigenvalue weighted by Gasteiger charge is 2.36. The first kappa shape index (κ1) is 21.4. The van der Waals surface area contributed by atoms with Gasteiger partial charge in [0.05, 0.1) is 0 Å². The van der Waals surface area contributed by atoms with Crippen molar-refractivity contribution < 1.29 is 33.7 Å². The van der Waals surface area contributed by atoms with Gasteiger partial charge in [-0.2, -0.15) is 4.89 Å². The first-order chi connectivity index (χ1) is 13.1. The first-order valence-corrected chi connectivity index (χ1v) is 8.80. The van der Waals surface area contributed by atoms with Crippen molar-refractivity contribution in [3.8, 4) is 5.75 Å². The topological polar surface area (TPSA) is 125 Å². The lowest BCUT2D eigenvalue weighted by Gasteiger charge is -2.25. The number of hydrogen-bond acceptors (Lipinski definition) is 7. The van der Waals surface area contributed by atoms with E-state index in [0.717, 1.165) is 0 Å². The number of primary amides is 1. The molecule has 0 saturated heterocycles. The number of ether oxygens (including phenoxy) is 1. The van der Waals surface area contributed by atoms with E-state index in [1.807, 2.05) is 0 Å². The van der Waals surface area contributed by atoms with Gasteiger partial charge in [0.25, 0.3) is 5.91 Å². The van der Waals surface area contributed by atoms with Crippen LogP contribution in [0.2, 0.25) is 0 Å². The Kier molecular flexibility index (Phi) is 6.74. The summed E-state index contributed by atoms with van der Waals surface area (Å²) >= 11 is 0. The Morgan fingerprint density at radius 3 is 2.64 bits per heavy atom. The van der Waals surface area contributed by atoms with Gasteiger partial charge in [-0.15, -0.1) is 0 Å². The van der Waals surface area contributed by atoms with Crippen LogP contribution in [0.5, 0.6) is 5.75 Å². The fraction of sp³-hybridized carbons (Fsp3) is 0.474. The number of aldehydes is 1. The predicted molar refractivity (Wildman–Crippen MR) is 97.0 cm³/mol. The molecule has 1 heterocycles. The average molecular weight is 392 g/mol. The summed E-state index contributed by atoms with van der Waals surface area (Å²) in [4.78, 5) is 57.8. The molecule has 9 nitrogen and oxygen atoms in total. The highest BCUT2D eigenvalue weighted by molar-refractivity contribution is 6.01. The van der Waals surface area contributed by atoms with Gasteiger partial charge in [0.15, 0.2) is 5.75 Å². The molecule has 2 amide bonds. The van der Waals surface area contributed by atoms with E-state index in [-0.39, 0.29) is 31.9 Å². The van der Waals surface area contributed by atoms with Crippen molar-refractivity contribution in [3.05, 3.63) is 29.3 Å². The number of carbonyl (C=O) groups excluding carboxylic acids is 4. The molecule has 1 unspecified atom stereocenters. The SMILES string of the molecule is CC(C)(C)OC(=O)CCC(C(N)=O)N1Cc2cc(OOCC=O)ccc2C1=O. The zero-order chi connectivity index (χ0) is 20.9. The van der Waals surface area contributed by atoms with E-state index >= 15 is 0 Å². The number of nitrogens with two attached hydrogens (primary N) is 1. The van der Waals surface area contributed by atoms with Gasteiger partial charge >= 0.3 is 5.97 Å². The minimum absolute atomic E-state index is 0.0428. The maximum atomic E-state index is 12.7. The van der Waals surface area contributed by atoms with E-state index in [4.69, 9.17) is 15.4 Å². The van der Waals surface area contributed by atoms with Crippen LogP contribution in [-0.4, -0.2) is 47.2 Å². The van der Waals surface area contributed by atoms with Crippen molar-refractivity contribution in [1.82, 2.24) is 4.90 Å². The number of nitrogens with zero attached hydrogens (tertiary/aromatic N) is 1. The molecule has 9 heteroatoms. The van der Waals surface area contributed by atoms with Crippen LogP contribution in [0.4, 0.5) is 0 Å². The maximum absolute atomic E-state index is 12.7. The maximum Gasteiger partial charge on any atom is 0.306 e. The standard InChI is InChI=1S/C19H24N2O7/c1-19(2,3)27-16(23)7-6-15(17(20)24)21-11-12-10-13(28-26-9-8-22)4-5-14(12)18(21)25/h4-5,8,10,15H,6-7,9,11H2,1-3H3,(H2,20,24). The Bertz CT molecular complexity index is 770. The Morgan fingerprint density at radius 1 is 1.32 bits per heavy atom. The fourth-order valence-electron chi connectivity index (χ4n) is 2.85. The molecule has 0 saturated carbocycles. The Morgan fingerprint density at radius 2 is 2.04 bits per heavy atom. The summed E-state index contributed by atoms with van der Waals surface area (Å²) in [6.45, 7) is 5.15. The van der Waals surface area contributed by atoms with Gasteiger partial charge in [-0.3, -0.25) is 14.4 Å². The number of amides is 2. The second-order valence-electron chi connectivity index (χ2n) is 7.33. The summed E-state index contributed by atoms with van der Waals surface area (Å²) in [5.74, 6) is -1.20. The molecule has 0 radical (unpaired) electrons. The molecule has 1 atom stereocenters. The highest BCUT2D eigenvalue weighted by Crippen LogP contribution is 2.29. The van der Waals surface area contributed by atoms with Crippen molar-refractivity contribution in [2.45, 2.75) is 51.8 Å². The molecule has 0 aliphatic carbocycles. The van der Waals surface area contributed by atoms with E-state index in [0.29, 0.717) is 23.2 Å². The number of carbonyl (C=O) groups is 4. The lowest BCUT2D eigenvalue weighted by Crippen LogP contribution is -2.45. The summed E-state index contributed by atoms with van der Waals surface area (Å²) in [5.41, 5.74) is 5.87. The molecule has 1 aromatic rings. The molecular weight excluding hydrogens is 368 g/mol. The monoisotopic (exact) mass is 392 g/mol. The Labute approximate surface area is 162 Å². The van der Waals surface area contributed by atoms with Crippen molar-refractivity contribution in [1.29, 1.82) is 0 Å². The van der Waals surface area contributed by atoms with E-state index < -0.39 is 23.5 Å². The first-order valence-electron chi connectivity index (χ1n) is 8.80. The van der Waals surface area contributed by atoms with E-state index in [1.165, 1.54) is 11.0 Å². The van der Waals surface area contributed by atoms with Crippen LogP contribution in [0.1, 0.15) is 49.5 Å². The van der Waals surface area contributed by atoms with Crippen LogP contribution in [0.25, 0.3) is 0 Å². The number of esters is 1. The summed E-state index contributed by atoms with van der Waals surface area (Å²) < 4.78 is 5.23. The minimum Gasteiger partial charge on any atom is -0.460 e. The Hall–Kier alpha value is -2.94. The summed E-state index contributed by atoms with van der Waals surface area (Å²) in [5, 5.41) is 0. The zero-order valence-corrected chi connectivity index (χ0v) is 16.1. The van der Waals surface area contributed by atoms with Crippen LogP contribution in [0.3, 0.4) is 0 Å². The normalized spacial score (nSPS) is 14.4. The third-order valence-electron chi connectivity index (χ3n) is 3.95. The summed E-state index contributed by atoms with van der Waals surface area (Å²) in [7, 11) is 0. The van der Waals surface area contributed by atoms with E-state index in [2.05, 4.69) is 4.89 Å². The lowest BCUT2D eigenvalue weighted by atomic mass is 10.1. The number of rotatable bonds is 9. The fourth-order valence-corrected chi connectivity index (χ4v) is 2.85. The van der Waals surface area contributed by atoms with Gasteiger partial charge in [-0.05, 0) is 51.0 Å². The van der Waals surface area contributed by atoms with Crippen LogP contribution in [0, 0.1) is 0 Å². The largest absolute Gasteiger partial charge is 0.460 e. The molecular formula is C19H24N2O7. The van der Waals surface area contributed by atoms with Crippen LogP contribution in [0.15, 0.2) is 18.2 Å². The van der Waals surface area contributed by atoms with Gasteiger partial charge < -0.3 is 25.1 Å². The second-order valence-corrected chi connectivity index (χ2v) is 7.33. The third-order valence-corrected chi connectivity index (χ3v) is 3.95. The van der Waals surface area contributed by atoms with Crippen molar-refractivity contribution in [2.24, 2.45) is 5.73 Å². The number of hydrogen-bond donors (Lipinski definition) is 1. The molecule has 2 N–H and O–H groups in total. The quantitative estimate of drug-likeness (QED) is 0.219. The molecule has 0 fully saturated rings. The molecule has 0 spiro atoms. The van der Waals surface area contributed by atoms with Gasteiger partial charge in [0, 0.05) is 18.5 Å². The molecule has 2 rings (SSSR count). The molecule has 0 bridgehead atoms. The van der Waals surface area contributed by atoms with E-state index in [9.17, 15) is 19.2 Å². The number of benzene rings is 1. The third kappa shape index (κ3) is 5.53. The summed E-state index contributed by atoms with van der Waals surface area (Å²) in [6.07, 6.45) is 0.565. The molecule has 0 aromatic heterocycles. The van der Waals surface area contributed by atoms with Crippen molar-refractivity contribution in [3.63, 3.8) is 0 Å². The van der Waals surface area contributed by atoms with Crippen molar-refractivity contribution >= 4 is 24.1 Å².